The van der Waals surface area contributed by atoms with Crippen LogP contribution in [0.25, 0.3) is 5.69 Å². The second-order valence-electron chi connectivity index (χ2n) is 6.68. The van der Waals surface area contributed by atoms with Gasteiger partial charge in [-0.15, -0.1) is 0 Å². The van der Waals surface area contributed by atoms with E-state index in [1.54, 1.807) is 11.9 Å². The Morgan fingerprint density at radius 3 is 2.52 bits per heavy atom. The first-order chi connectivity index (χ1) is 13.0. The fourth-order valence-electron chi connectivity index (χ4n) is 3.07. The van der Waals surface area contributed by atoms with Crippen LogP contribution in [0.15, 0.2) is 54.6 Å². The molecule has 2 aromatic carbocycles. The highest BCUT2D eigenvalue weighted by Crippen LogP contribution is 2.19. The molecule has 0 spiro atoms. The maximum atomic E-state index is 12.9. The predicted molar refractivity (Wildman–Crippen MR) is 107 cm³/mol. The van der Waals surface area contributed by atoms with Crippen molar-refractivity contribution in [1.82, 2.24) is 14.7 Å². The third-order valence-electron chi connectivity index (χ3n) is 4.54. The summed E-state index contributed by atoms with van der Waals surface area (Å²) in [6, 6.07) is 17.7. The number of ether oxygens (including phenoxy) is 1. The van der Waals surface area contributed by atoms with E-state index in [1.807, 2.05) is 80.1 Å². The second kappa shape index (κ2) is 8.08. The van der Waals surface area contributed by atoms with Gasteiger partial charge in [0.15, 0.2) is 0 Å². The molecule has 3 aromatic rings. The van der Waals surface area contributed by atoms with Crippen LogP contribution in [0.4, 0.5) is 0 Å². The second-order valence-corrected chi connectivity index (χ2v) is 6.68. The van der Waals surface area contributed by atoms with Gasteiger partial charge in [0.05, 0.1) is 29.2 Å². The number of hydrogen-bond acceptors (Lipinski definition) is 3. The lowest BCUT2D eigenvalue weighted by Crippen LogP contribution is -2.31. The van der Waals surface area contributed by atoms with E-state index >= 15 is 0 Å². The largest absolute Gasteiger partial charge is 0.492 e. The fourth-order valence-corrected chi connectivity index (χ4v) is 3.07. The molecular formula is C22H25N3O2. The first-order valence-corrected chi connectivity index (χ1v) is 9.04. The number of likely N-dealkylation sites (N-methyl/N-ethyl adjacent to an activating group) is 1. The Morgan fingerprint density at radius 1 is 1.07 bits per heavy atom. The Balaban J connectivity index is 1.69. The molecule has 5 heteroatoms. The van der Waals surface area contributed by atoms with Gasteiger partial charge in [-0.2, -0.15) is 5.10 Å². The predicted octanol–water partition coefficient (Wildman–Crippen LogP) is 3.95. The van der Waals surface area contributed by atoms with Gasteiger partial charge in [-0.05, 0) is 50.6 Å². The van der Waals surface area contributed by atoms with Crippen molar-refractivity contribution in [2.24, 2.45) is 0 Å². The van der Waals surface area contributed by atoms with Crippen molar-refractivity contribution in [2.75, 3.05) is 20.2 Å². The average molecular weight is 363 g/mol. The third kappa shape index (κ3) is 4.19. The van der Waals surface area contributed by atoms with Crippen molar-refractivity contribution in [3.63, 3.8) is 0 Å². The zero-order valence-corrected chi connectivity index (χ0v) is 16.3. The van der Waals surface area contributed by atoms with E-state index in [0.29, 0.717) is 18.7 Å². The molecule has 5 nitrogen and oxygen atoms in total. The number of rotatable bonds is 6. The van der Waals surface area contributed by atoms with E-state index in [0.717, 1.165) is 28.4 Å². The maximum absolute atomic E-state index is 12.9. The topological polar surface area (TPSA) is 47.4 Å². The van der Waals surface area contributed by atoms with Gasteiger partial charge in [-0.3, -0.25) is 4.79 Å². The van der Waals surface area contributed by atoms with Crippen molar-refractivity contribution in [3.8, 4) is 11.4 Å². The van der Waals surface area contributed by atoms with Gasteiger partial charge in [0.1, 0.15) is 12.4 Å². The normalized spacial score (nSPS) is 10.7. The standard InChI is InChI=1S/C22H25N3O2/c1-16-9-8-12-20(15-16)27-14-13-24(4)22(26)21-17(2)23-25(18(21)3)19-10-6-5-7-11-19/h5-12,15H,13-14H2,1-4H3. The summed E-state index contributed by atoms with van der Waals surface area (Å²) >= 11 is 0. The van der Waals surface area contributed by atoms with Crippen LogP contribution in [-0.2, 0) is 0 Å². The molecule has 0 aliphatic rings. The van der Waals surface area contributed by atoms with Gasteiger partial charge in [-0.1, -0.05) is 30.3 Å². The Morgan fingerprint density at radius 2 is 1.81 bits per heavy atom. The van der Waals surface area contributed by atoms with Gasteiger partial charge >= 0.3 is 0 Å². The zero-order valence-electron chi connectivity index (χ0n) is 16.3. The van der Waals surface area contributed by atoms with Crippen LogP contribution >= 0.6 is 0 Å². The van der Waals surface area contributed by atoms with Crippen LogP contribution in [0.1, 0.15) is 27.3 Å². The Labute approximate surface area is 160 Å². The number of para-hydroxylation sites is 1. The van der Waals surface area contributed by atoms with E-state index in [-0.39, 0.29) is 5.91 Å². The molecule has 0 bridgehead atoms. The first-order valence-electron chi connectivity index (χ1n) is 9.04. The molecule has 0 radical (unpaired) electrons. The van der Waals surface area contributed by atoms with Gasteiger partial charge in [0.25, 0.3) is 5.91 Å². The maximum Gasteiger partial charge on any atom is 0.257 e. The summed E-state index contributed by atoms with van der Waals surface area (Å²) in [7, 11) is 1.79. The molecule has 0 fully saturated rings. The summed E-state index contributed by atoms with van der Waals surface area (Å²) in [6.45, 7) is 6.77. The minimum Gasteiger partial charge on any atom is -0.492 e. The number of aryl methyl sites for hydroxylation is 2. The lowest BCUT2D eigenvalue weighted by molar-refractivity contribution is 0.0772. The van der Waals surface area contributed by atoms with Crippen molar-refractivity contribution in [3.05, 3.63) is 77.1 Å². The van der Waals surface area contributed by atoms with Crippen molar-refractivity contribution >= 4 is 5.91 Å². The molecule has 27 heavy (non-hydrogen) atoms. The number of benzene rings is 2. The first kappa shape index (κ1) is 18.7. The van der Waals surface area contributed by atoms with Gasteiger partial charge in [0, 0.05) is 7.05 Å². The summed E-state index contributed by atoms with van der Waals surface area (Å²) in [5, 5.41) is 4.56. The summed E-state index contributed by atoms with van der Waals surface area (Å²) < 4.78 is 7.58. The highest BCUT2D eigenvalue weighted by Gasteiger charge is 2.22. The van der Waals surface area contributed by atoms with Crippen LogP contribution in [-0.4, -0.2) is 40.8 Å². The Bertz CT molecular complexity index is 932. The number of carbonyl (C=O) groups excluding carboxylic acids is 1. The van der Waals surface area contributed by atoms with Gasteiger partial charge in [0.2, 0.25) is 0 Å². The van der Waals surface area contributed by atoms with Crippen molar-refractivity contribution < 1.29 is 9.53 Å². The molecule has 1 aromatic heterocycles. The molecule has 0 N–H and O–H groups in total. The van der Waals surface area contributed by atoms with Crippen molar-refractivity contribution in [1.29, 1.82) is 0 Å². The fraction of sp³-hybridized carbons (Fsp3) is 0.273. The minimum absolute atomic E-state index is 0.0416. The van der Waals surface area contributed by atoms with Crippen LogP contribution in [0.3, 0.4) is 0 Å². The molecule has 1 heterocycles. The summed E-state index contributed by atoms with van der Waals surface area (Å²) in [4.78, 5) is 14.6. The number of carbonyl (C=O) groups is 1. The summed E-state index contributed by atoms with van der Waals surface area (Å²) in [5.74, 6) is 0.778. The van der Waals surface area contributed by atoms with Crippen LogP contribution in [0.2, 0.25) is 0 Å². The van der Waals surface area contributed by atoms with E-state index in [1.165, 1.54) is 0 Å². The number of aromatic nitrogens is 2. The SMILES string of the molecule is Cc1cccc(OCCN(C)C(=O)c2c(C)nn(-c3ccccc3)c2C)c1. The molecule has 0 atom stereocenters. The number of nitrogens with zero attached hydrogens (tertiary/aromatic N) is 3. The highest BCUT2D eigenvalue weighted by molar-refractivity contribution is 5.96. The molecular weight excluding hydrogens is 338 g/mol. The summed E-state index contributed by atoms with van der Waals surface area (Å²) in [5.41, 5.74) is 4.32. The lowest BCUT2D eigenvalue weighted by Gasteiger charge is -2.18. The van der Waals surface area contributed by atoms with Crippen molar-refractivity contribution in [2.45, 2.75) is 20.8 Å². The average Bonchev–Trinajstić information content (AvgIpc) is 2.96. The molecule has 1 amide bonds. The Hall–Kier alpha value is -3.08. The molecule has 0 unspecified atom stereocenters. The number of amides is 1. The van der Waals surface area contributed by atoms with E-state index < -0.39 is 0 Å². The van der Waals surface area contributed by atoms with Crippen LogP contribution in [0.5, 0.6) is 5.75 Å². The molecule has 0 saturated carbocycles. The zero-order chi connectivity index (χ0) is 19.4. The highest BCUT2D eigenvalue weighted by atomic mass is 16.5. The monoisotopic (exact) mass is 363 g/mol. The third-order valence-corrected chi connectivity index (χ3v) is 4.54. The lowest BCUT2D eigenvalue weighted by atomic mass is 10.1. The molecule has 140 valence electrons. The molecule has 0 aliphatic carbocycles. The quantitative estimate of drug-likeness (QED) is 0.666. The van der Waals surface area contributed by atoms with Gasteiger partial charge in [-0.25, -0.2) is 4.68 Å². The van der Waals surface area contributed by atoms with E-state index in [9.17, 15) is 4.79 Å². The number of hydrogen-bond donors (Lipinski definition) is 0. The van der Waals surface area contributed by atoms with Crippen LogP contribution in [0, 0.1) is 20.8 Å². The smallest absolute Gasteiger partial charge is 0.257 e. The van der Waals surface area contributed by atoms with E-state index in [2.05, 4.69) is 5.10 Å². The Kier molecular flexibility index (Phi) is 5.60. The van der Waals surface area contributed by atoms with Crippen LogP contribution < -0.4 is 4.74 Å². The van der Waals surface area contributed by atoms with Gasteiger partial charge < -0.3 is 9.64 Å². The molecule has 0 aliphatic heterocycles. The molecule has 3 rings (SSSR count). The molecule has 0 saturated heterocycles. The minimum atomic E-state index is -0.0416. The van der Waals surface area contributed by atoms with E-state index in [4.69, 9.17) is 4.74 Å². The summed E-state index contributed by atoms with van der Waals surface area (Å²) in [6.07, 6.45) is 0.